The Morgan fingerprint density at radius 3 is 2.15 bits per heavy atom. The minimum Gasteiger partial charge on any atom is -0.494 e. The second kappa shape index (κ2) is 10.7. The lowest BCUT2D eigenvalue weighted by molar-refractivity contribution is -0.143. The lowest BCUT2D eigenvalue weighted by Crippen LogP contribution is -2.48. The van der Waals surface area contributed by atoms with E-state index in [1.807, 2.05) is 0 Å². The second-order valence-electron chi connectivity index (χ2n) is 8.65. The van der Waals surface area contributed by atoms with Crippen molar-refractivity contribution in [3.05, 3.63) is 26.4 Å². The van der Waals surface area contributed by atoms with Gasteiger partial charge in [-0.15, -0.1) is 0 Å². The molecule has 1 amide bonds. The van der Waals surface area contributed by atoms with Crippen LogP contribution in [-0.2, 0) is 14.3 Å². The molecule has 0 aromatic carbocycles. The molecule has 0 saturated heterocycles. The highest BCUT2D eigenvalue weighted by atomic mass is 16.5. The van der Waals surface area contributed by atoms with E-state index in [0.29, 0.717) is 38.5 Å². The largest absolute Gasteiger partial charge is 0.494 e. The van der Waals surface area contributed by atoms with E-state index >= 15 is 0 Å². The van der Waals surface area contributed by atoms with E-state index < -0.39 is 59.0 Å². The fourth-order valence-corrected chi connectivity index (χ4v) is 4.85. The number of hydrogen-bond acceptors (Lipinski definition) is 7. The molecular formula is C22H31N3O8. The Hall–Kier alpha value is -3.11. The predicted molar refractivity (Wildman–Crippen MR) is 116 cm³/mol. The van der Waals surface area contributed by atoms with Crippen molar-refractivity contribution in [2.75, 3.05) is 13.2 Å². The van der Waals surface area contributed by atoms with Gasteiger partial charge in [0.1, 0.15) is 6.54 Å². The van der Waals surface area contributed by atoms with E-state index in [-0.39, 0.29) is 12.6 Å². The molecule has 0 bridgehead atoms. The minimum absolute atomic E-state index is 0.123. The van der Waals surface area contributed by atoms with Gasteiger partial charge in [0.05, 0.1) is 12.5 Å². The van der Waals surface area contributed by atoms with E-state index in [1.165, 1.54) is 0 Å². The SMILES string of the molecule is CCOC(=O)CNC(=O)c1c(O)n(C2CCCCC2)c(=O)n(C2CCC(C(=O)O)CC2)c1=O. The van der Waals surface area contributed by atoms with E-state index in [0.717, 1.165) is 28.4 Å². The number of rotatable bonds is 7. The van der Waals surface area contributed by atoms with Crippen molar-refractivity contribution in [2.45, 2.75) is 76.8 Å². The van der Waals surface area contributed by atoms with Gasteiger partial charge in [0, 0.05) is 12.1 Å². The van der Waals surface area contributed by atoms with Crippen LogP contribution >= 0.6 is 0 Å². The first-order valence-electron chi connectivity index (χ1n) is 11.5. The maximum Gasteiger partial charge on any atom is 0.334 e. The maximum atomic E-state index is 13.4. The van der Waals surface area contributed by atoms with Gasteiger partial charge >= 0.3 is 17.6 Å². The molecule has 1 aromatic rings. The molecule has 0 radical (unpaired) electrons. The lowest BCUT2D eigenvalue weighted by atomic mass is 9.86. The Bertz CT molecular complexity index is 1010. The summed E-state index contributed by atoms with van der Waals surface area (Å²) < 4.78 is 6.89. The Labute approximate surface area is 190 Å². The summed E-state index contributed by atoms with van der Waals surface area (Å²) in [5.74, 6) is -3.82. The van der Waals surface area contributed by atoms with Crippen LogP contribution in [0.3, 0.4) is 0 Å². The number of carboxylic acid groups (broad SMARTS) is 1. The normalized spacial score (nSPS) is 21.4. The van der Waals surface area contributed by atoms with Crippen molar-refractivity contribution >= 4 is 17.8 Å². The number of aromatic nitrogens is 2. The van der Waals surface area contributed by atoms with Gasteiger partial charge in [0.15, 0.2) is 5.56 Å². The summed E-state index contributed by atoms with van der Waals surface area (Å²) in [5, 5.41) is 22.4. The molecule has 182 valence electrons. The first-order chi connectivity index (χ1) is 15.8. The molecular weight excluding hydrogens is 434 g/mol. The summed E-state index contributed by atoms with van der Waals surface area (Å²) >= 11 is 0. The molecule has 3 N–H and O–H groups in total. The zero-order valence-electron chi connectivity index (χ0n) is 18.7. The van der Waals surface area contributed by atoms with E-state index in [9.17, 15) is 34.2 Å². The number of nitrogens with one attached hydrogen (secondary N) is 1. The smallest absolute Gasteiger partial charge is 0.334 e. The zero-order valence-corrected chi connectivity index (χ0v) is 18.7. The van der Waals surface area contributed by atoms with Gasteiger partial charge in [-0.2, -0.15) is 0 Å². The van der Waals surface area contributed by atoms with Gasteiger partial charge < -0.3 is 20.3 Å². The molecule has 2 aliphatic carbocycles. The van der Waals surface area contributed by atoms with Crippen LogP contribution in [0.5, 0.6) is 5.88 Å². The Kier molecular flexibility index (Phi) is 7.93. The molecule has 11 heteroatoms. The Morgan fingerprint density at radius 2 is 1.58 bits per heavy atom. The van der Waals surface area contributed by atoms with Crippen molar-refractivity contribution in [3.63, 3.8) is 0 Å². The molecule has 2 saturated carbocycles. The van der Waals surface area contributed by atoms with Crippen molar-refractivity contribution in [3.8, 4) is 5.88 Å². The van der Waals surface area contributed by atoms with Crippen LogP contribution in [0.2, 0.25) is 0 Å². The number of ether oxygens (including phenoxy) is 1. The molecule has 0 spiro atoms. The summed E-state index contributed by atoms with van der Waals surface area (Å²) in [7, 11) is 0. The standard InChI is InChI=1S/C22H31N3O8/c1-2-33-16(26)12-23-18(27)17-19(28)24(14-6-4-3-5-7-14)22(32)25(20(17)29)15-10-8-13(9-11-15)21(30)31/h13-15,28H,2-12H2,1H3,(H,23,27)(H,30,31). The first kappa shape index (κ1) is 24.5. The number of nitrogens with zero attached hydrogens (tertiary/aromatic N) is 2. The number of carbonyl (C=O) groups excluding carboxylic acids is 2. The van der Waals surface area contributed by atoms with Crippen LogP contribution in [-0.4, -0.2) is 50.3 Å². The first-order valence-corrected chi connectivity index (χ1v) is 11.5. The Morgan fingerprint density at radius 1 is 0.970 bits per heavy atom. The van der Waals surface area contributed by atoms with Crippen molar-refractivity contribution in [1.29, 1.82) is 0 Å². The highest BCUT2D eigenvalue weighted by Gasteiger charge is 2.34. The third kappa shape index (κ3) is 5.28. The molecule has 1 heterocycles. The zero-order chi connectivity index (χ0) is 24.1. The number of aromatic hydroxyl groups is 1. The molecule has 2 fully saturated rings. The predicted octanol–water partition coefficient (Wildman–Crippen LogP) is 1.33. The summed E-state index contributed by atoms with van der Waals surface area (Å²) in [5.41, 5.74) is -2.22. The molecule has 11 nitrogen and oxygen atoms in total. The number of aliphatic carboxylic acids is 1. The topological polar surface area (TPSA) is 157 Å². The monoisotopic (exact) mass is 465 g/mol. The fourth-order valence-electron chi connectivity index (χ4n) is 4.85. The van der Waals surface area contributed by atoms with Crippen molar-refractivity contribution in [2.24, 2.45) is 5.92 Å². The molecule has 0 aliphatic heterocycles. The van der Waals surface area contributed by atoms with Crippen LogP contribution in [0.25, 0.3) is 0 Å². The van der Waals surface area contributed by atoms with E-state index in [1.54, 1.807) is 6.92 Å². The van der Waals surface area contributed by atoms with Gasteiger partial charge in [0.25, 0.3) is 11.5 Å². The lowest BCUT2D eigenvalue weighted by Gasteiger charge is -2.30. The average molecular weight is 466 g/mol. The highest BCUT2D eigenvalue weighted by molar-refractivity contribution is 5.97. The van der Waals surface area contributed by atoms with Crippen molar-refractivity contribution < 1.29 is 29.3 Å². The second-order valence-corrected chi connectivity index (χ2v) is 8.65. The van der Waals surface area contributed by atoms with Crippen LogP contribution in [0.1, 0.15) is 87.2 Å². The summed E-state index contributed by atoms with van der Waals surface area (Å²) in [6.45, 7) is 1.25. The number of carbonyl (C=O) groups is 3. The summed E-state index contributed by atoms with van der Waals surface area (Å²) in [6.07, 6.45) is 5.16. The average Bonchev–Trinajstić information content (AvgIpc) is 2.79. The number of esters is 1. The fraction of sp³-hybridized carbons (Fsp3) is 0.682. The minimum atomic E-state index is -0.969. The maximum absolute atomic E-state index is 13.4. The van der Waals surface area contributed by atoms with Gasteiger partial charge in [-0.05, 0) is 45.4 Å². The molecule has 2 aliphatic rings. The van der Waals surface area contributed by atoms with Gasteiger partial charge in [-0.1, -0.05) is 19.3 Å². The highest BCUT2D eigenvalue weighted by Crippen LogP contribution is 2.33. The van der Waals surface area contributed by atoms with E-state index in [4.69, 9.17) is 4.74 Å². The van der Waals surface area contributed by atoms with E-state index in [2.05, 4.69) is 5.32 Å². The third-order valence-corrected chi connectivity index (χ3v) is 6.57. The number of amides is 1. The molecule has 1 aromatic heterocycles. The summed E-state index contributed by atoms with van der Waals surface area (Å²) in [6, 6.07) is -0.933. The van der Waals surface area contributed by atoms with Crippen LogP contribution in [0.4, 0.5) is 0 Å². The molecule has 0 atom stereocenters. The number of hydrogen-bond donors (Lipinski definition) is 3. The molecule has 0 unspecified atom stereocenters. The van der Waals surface area contributed by atoms with Crippen LogP contribution < -0.4 is 16.6 Å². The Balaban J connectivity index is 2.03. The quantitative estimate of drug-likeness (QED) is 0.509. The number of carboxylic acids is 1. The van der Waals surface area contributed by atoms with Gasteiger partial charge in [0.2, 0.25) is 5.88 Å². The van der Waals surface area contributed by atoms with Gasteiger partial charge in [-0.3, -0.25) is 28.3 Å². The van der Waals surface area contributed by atoms with Crippen LogP contribution in [0, 0.1) is 5.92 Å². The molecule has 33 heavy (non-hydrogen) atoms. The molecule has 3 rings (SSSR count). The van der Waals surface area contributed by atoms with Gasteiger partial charge in [-0.25, -0.2) is 4.79 Å². The van der Waals surface area contributed by atoms with Crippen molar-refractivity contribution in [1.82, 2.24) is 14.5 Å². The van der Waals surface area contributed by atoms with Crippen LogP contribution in [0.15, 0.2) is 9.59 Å². The summed E-state index contributed by atoms with van der Waals surface area (Å²) in [4.78, 5) is 62.4. The third-order valence-electron chi connectivity index (χ3n) is 6.57.